The number of nitrogens with zero attached hydrogens (tertiary/aromatic N) is 3. The molecule has 2 aliphatic heterocycles. The molecule has 1 saturated heterocycles. The molecule has 6 nitrogen and oxygen atoms in total. The van der Waals surface area contributed by atoms with Crippen molar-refractivity contribution in [1.29, 1.82) is 0 Å². The molecule has 0 unspecified atom stereocenters. The third kappa shape index (κ3) is 4.10. The molecule has 2 aromatic carbocycles. The number of amidine groups is 1. The lowest BCUT2D eigenvalue weighted by Gasteiger charge is -2.28. The van der Waals surface area contributed by atoms with E-state index in [1.807, 2.05) is 30.3 Å². The Kier molecular flexibility index (Phi) is 5.76. The maximum Gasteiger partial charge on any atom is 0.261 e. The number of benzene rings is 2. The van der Waals surface area contributed by atoms with Crippen molar-refractivity contribution in [3.8, 4) is 0 Å². The van der Waals surface area contributed by atoms with Gasteiger partial charge in [-0.2, -0.15) is 0 Å². The van der Waals surface area contributed by atoms with Crippen molar-refractivity contribution >= 4 is 34.7 Å². The smallest absolute Gasteiger partial charge is 0.261 e. The molecule has 29 heavy (non-hydrogen) atoms. The number of aliphatic imine (C=N–C) groups is 1. The fraction of sp³-hybridized carbons (Fsp3) is 0.273. The lowest BCUT2D eigenvalue weighted by atomic mass is 10.1. The molecule has 4 rings (SSSR count). The number of hydrogen-bond donors (Lipinski definition) is 0. The standard InChI is InChI=1S/C22H21N3O3S/c26-19(11-13-25-20(27)17-9-4-5-10-18(17)21(25)28)24-12-6-14-29-22(24)23-15-16-7-2-1-3-8-16/h1-5,7-10H,6,11-15H2. The van der Waals surface area contributed by atoms with Crippen LogP contribution in [0.25, 0.3) is 0 Å². The van der Waals surface area contributed by atoms with E-state index in [-0.39, 0.29) is 30.7 Å². The van der Waals surface area contributed by atoms with Crippen LogP contribution >= 0.6 is 11.8 Å². The number of carbonyl (C=O) groups excluding carboxylic acids is 3. The zero-order valence-corrected chi connectivity index (χ0v) is 16.7. The van der Waals surface area contributed by atoms with Gasteiger partial charge in [-0.3, -0.25) is 29.2 Å². The summed E-state index contributed by atoms with van der Waals surface area (Å²) in [7, 11) is 0. The van der Waals surface area contributed by atoms with Gasteiger partial charge >= 0.3 is 0 Å². The largest absolute Gasteiger partial charge is 0.292 e. The molecule has 0 aliphatic carbocycles. The Balaban J connectivity index is 1.41. The van der Waals surface area contributed by atoms with Crippen molar-refractivity contribution in [2.45, 2.75) is 19.4 Å². The molecular weight excluding hydrogens is 386 g/mol. The first-order valence-electron chi connectivity index (χ1n) is 9.62. The van der Waals surface area contributed by atoms with Gasteiger partial charge in [0.2, 0.25) is 5.91 Å². The van der Waals surface area contributed by atoms with Gasteiger partial charge in [-0.1, -0.05) is 54.2 Å². The predicted octanol–water partition coefficient (Wildman–Crippen LogP) is 3.19. The third-order valence-electron chi connectivity index (χ3n) is 4.96. The third-order valence-corrected chi connectivity index (χ3v) is 6.06. The highest BCUT2D eigenvalue weighted by Crippen LogP contribution is 2.24. The van der Waals surface area contributed by atoms with Gasteiger partial charge in [-0.05, 0) is 24.1 Å². The SMILES string of the molecule is O=C(CCN1C(=O)c2ccccc2C1=O)N1CCCSC1=NCc1ccccc1. The van der Waals surface area contributed by atoms with Crippen molar-refractivity contribution in [1.82, 2.24) is 9.80 Å². The van der Waals surface area contributed by atoms with Crippen molar-refractivity contribution < 1.29 is 14.4 Å². The molecule has 0 radical (unpaired) electrons. The van der Waals surface area contributed by atoms with Crippen LogP contribution in [0, 0.1) is 0 Å². The lowest BCUT2D eigenvalue weighted by Crippen LogP contribution is -2.41. The van der Waals surface area contributed by atoms with E-state index < -0.39 is 0 Å². The van der Waals surface area contributed by atoms with E-state index in [1.54, 1.807) is 40.9 Å². The molecule has 0 N–H and O–H groups in total. The van der Waals surface area contributed by atoms with E-state index in [0.717, 1.165) is 17.7 Å². The molecule has 0 aromatic heterocycles. The Hall–Kier alpha value is -2.93. The Morgan fingerprint density at radius 1 is 0.966 bits per heavy atom. The number of fused-ring (bicyclic) bond motifs is 1. The summed E-state index contributed by atoms with van der Waals surface area (Å²) in [5.74, 6) is 0.157. The first-order valence-corrected chi connectivity index (χ1v) is 10.6. The average Bonchev–Trinajstić information content (AvgIpc) is 3.01. The van der Waals surface area contributed by atoms with Crippen molar-refractivity contribution in [3.05, 3.63) is 71.3 Å². The van der Waals surface area contributed by atoms with E-state index >= 15 is 0 Å². The number of thioether (sulfide) groups is 1. The number of hydrogen-bond acceptors (Lipinski definition) is 5. The summed E-state index contributed by atoms with van der Waals surface area (Å²) in [6.45, 7) is 1.21. The fourth-order valence-electron chi connectivity index (χ4n) is 3.45. The number of imide groups is 1. The van der Waals surface area contributed by atoms with E-state index in [0.29, 0.717) is 29.4 Å². The quantitative estimate of drug-likeness (QED) is 0.714. The summed E-state index contributed by atoms with van der Waals surface area (Å²) in [4.78, 5) is 45.3. The van der Waals surface area contributed by atoms with Crippen molar-refractivity contribution in [3.63, 3.8) is 0 Å². The van der Waals surface area contributed by atoms with Gasteiger partial charge in [0.05, 0.1) is 17.7 Å². The monoisotopic (exact) mass is 407 g/mol. The predicted molar refractivity (Wildman–Crippen MR) is 113 cm³/mol. The highest BCUT2D eigenvalue weighted by Gasteiger charge is 2.35. The summed E-state index contributed by atoms with van der Waals surface area (Å²) in [5.41, 5.74) is 1.90. The normalized spacial score (nSPS) is 17.7. The minimum Gasteiger partial charge on any atom is -0.292 e. The molecule has 0 bridgehead atoms. The molecule has 0 atom stereocenters. The summed E-state index contributed by atoms with van der Waals surface area (Å²) < 4.78 is 0. The van der Waals surface area contributed by atoms with Gasteiger partial charge in [0.25, 0.3) is 11.8 Å². The van der Waals surface area contributed by atoms with Crippen LogP contribution in [0.5, 0.6) is 0 Å². The highest BCUT2D eigenvalue weighted by molar-refractivity contribution is 8.13. The van der Waals surface area contributed by atoms with Crippen molar-refractivity contribution in [2.75, 3.05) is 18.8 Å². The minimum absolute atomic E-state index is 0.0817. The van der Waals surface area contributed by atoms with Crippen LogP contribution in [0.1, 0.15) is 39.1 Å². The highest BCUT2D eigenvalue weighted by atomic mass is 32.2. The molecule has 2 aromatic rings. The molecule has 148 valence electrons. The number of amides is 3. The zero-order valence-electron chi connectivity index (χ0n) is 15.9. The Morgan fingerprint density at radius 3 is 2.31 bits per heavy atom. The van der Waals surface area contributed by atoms with Crippen LogP contribution in [0.2, 0.25) is 0 Å². The number of carbonyl (C=O) groups is 3. The van der Waals surface area contributed by atoms with Crippen LogP contribution in [0.15, 0.2) is 59.6 Å². The van der Waals surface area contributed by atoms with Crippen LogP contribution in [-0.2, 0) is 11.3 Å². The van der Waals surface area contributed by atoms with Gasteiger partial charge in [0.15, 0.2) is 5.17 Å². The first-order chi connectivity index (χ1) is 14.1. The average molecular weight is 407 g/mol. The van der Waals surface area contributed by atoms with E-state index in [1.165, 1.54) is 4.90 Å². The second-order valence-corrected chi connectivity index (χ2v) is 7.95. The van der Waals surface area contributed by atoms with E-state index in [9.17, 15) is 14.4 Å². The topological polar surface area (TPSA) is 70.1 Å². The summed E-state index contributed by atoms with van der Waals surface area (Å²) in [6, 6.07) is 16.7. The number of rotatable bonds is 5. The van der Waals surface area contributed by atoms with Gasteiger partial charge in [-0.15, -0.1) is 0 Å². The maximum absolute atomic E-state index is 12.8. The Morgan fingerprint density at radius 2 is 1.62 bits per heavy atom. The summed E-state index contributed by atoms with van der Waals surface area (Å²) >= 11 is 1.58. The minimum atomic E-state index is -0.329. The maximum atomic E-state index is 12.8. The first kappa shape index (κ1) is 19.4. The Bertz CT molecular complexity index is 939. The second kappa shape index (κ2) is 8.61. The van der Waals surface area contributed by atoms with Crippen LogP contribution in [0.4, 0.5) is 0 Å². The van der Waals surface area contributed by atoms with Crippen LogP contribution < -0.4 is 0 Å². The molecular formula is C22H21N3O3S. The van der Waals surface area contributed by atoms with E-state index in [2.05, 4.69) is 4.99 Å². The molecule has 0 saturated carbocycles. The van der Waals surface area contributed by atoms with Gasteiger partial charge < -0.3 is 0 Å². The molecule has 1 fully saturated rings. The molecule has 0 spiro atoms. The molecule has 7 heteroatoms. The van der Waals surface area contributed by atoms with E-state index in [4.69, 9.17) is 0 Å². The fourth-order valence-corrected chi connectivity index (χ4v) is 4.41. The van der Waals surface area contributed by atoms with Gasteiger partial charge in [0, 0.05) is 25.3 Å². The molecule has 2 aliphatic rings. The molecule has 3 amide bonds. The summed E-state index contributed by atoms with van der Waals surface area (Å²) in [6.07, 6.45) is 0.990. The van der Waals surface area contributed by atoms with Gasteiger partial charge in [0.1, 0.15) is 0 Å². The van der Waals surface area contributed by atoms with Gasteiger partial charge in [-0.25, -0.2) is 0 Å². The second-order valence-electron chi connectivity index (χ2n) is 6.89. The molecule has 2 heterocycles. The Labute approximate surface area is 173 Å². The zero-order chi connectivity index (χ0) is 20.2. The van der Waals surface area contributed by atoms with Crippen LogP contribution in [-0.4, -0.2) is 51.5 Å². The van der Waals surface area contributed by atoms with Crippen molar-refractivity contribution in [2.24, 2.45) is 4.99 Å². The lowest BCUT2D eigenvalue weighted by molar-refractivity contribution is -0.127. The summed E-state index contributed by atoms with van der Waals surface area (Å²) in [5, 5.41) is 0.715. The van der Waals surface area contributed by atoms with Crippen LogP contribution in [0.3, 0.4) is 0 Å².